The topological polar surface area (TPSA) is 75.5 Å². The first-order chi connectivity index (χ1) is 14.7. The van der Waals surface area contributed by atoms with Crippen molar-refractivity contribution in [2.24, 2.45) is 7.05 Å². The molecule has 0 saturated carbocycles. The van der Waals surface area contributed by atoms with Gasteiger partial charge in [-0.1, -0.05) is 6.92 Å². The zero-order chi connectivity index (χ0) is 22.3. The van der Waals surface area contributed by atoms with Crippen LogP contribution in [0.15, 0.2) is 34.5 Å². The van der Waals surface area contributed by atoms with Gasteiger partial charge in [-0.25, -0.2) is 17.7 Å². The van der Waals surface area contributed by atoms with Crippen LogP contribution in [0.4, 0.5) is 0 Å². The van der Waals surface area contributed by atoms with Gasteiger partial charge in [0.2, 0.25) is 15.9 Å². The fourth-order valence-corrected chi connectivity index (χ4v) is 6.17. The lowest BCUT2D eigenvalue weighted by atomic mass is 9.97. The number of hydrogen-bond acceptors (Lipinski definition) is 5. The average Bonchev–Trinajstić information content (AvgIpc) is 3.35. The Hall–Kier alpha value is -2.23. The summed E-state index contributed by atoms with van der Waals surface area (Å²) >= 11 is 1.78. The third-order valence-corrected chi connectivity index (χ3v) is 8.90. The minimum atomic E-state index is -3.52. The number of sulfonamides is 1. The van der Waals surface area contributed by atoms with E-state index >= 15 is 0 Å². The van der Waals surface area contributed by atoms with Gasteiger partial charge >= 0.3 is 0 Å². The summed E-state index contributed by atoms with van der Waals surface area (Å²) in [7, 11) is 1.41. The number of imidazole rings is 1. The van der Waals surface area contributed by atoms with Crippen molar-refractivity contribution in [1.29, 1.82) is 0 Å². The largest absolute Gasteiger partial charge is 0.335 e. The molecule has 0 radical (unpaired) electrons. The highest BCUT2D eigenvalue weighted by atomic mass is 32.2. The van der Waals surface area contributed by atoms with Crippen LogP contribution in [0.5, 0.6) is 0 Å². The van der Waals surface area contributed by atoms with E-state index in [1.54, 1.807) is 29.5 Å². The SMILES string of the molecule is CCC1c2ccsc2CCN1C(=O)CCc1nc2cc(S(=O)(=O)N(C)C)ccc2n1C. The minimum absolute atomic E-state index is 0.145. The summed E-state index contributed by atoms with van der Waals surface area (Å²) in [5.74, 6) is 0.927. The Morgan fingerprint density at radius 2 is 2.06 bits per heavy atom. The maximum absolute atomic E-state index is 13.1. The fraction of sp³-hybridized carbons (Fsp3) is 0.455. The number of carbonyl (C=O) groups excluding carboxylic acids is 1. The van der Waals surface area contributed by atoms with E-state index < -0.39 is 10.0 Å². The van der Waals surface area contributed by atoms with E-state index in [9.17, 15) is 13.2 Å². The van der Waals surface area contributed by atoms with Crippen molar-refractivity contribution in [3.05, 3.63) is 45.9 Å². The van der Waals surface area contributed by atoms with E-state index in [1.165, 1.54) is 28.8 Å². The van der Waals surface area contributed by atoms with Gasteiger partial charge in [-0.2, -0.15) is 0 Å². The Morgan fingerprint density at radius 1 is 1.29 bits per heavy atom. The maximum Gasteiger partial charge on any atom is 0.242 e. The molecule has 0 bridgehead atoms. The molecule has 7 nitrogen and oxygen atoms in total. The van der Waals surface area contributed by atoms with Crippen LogP contribution < -0.4 is 0 Å². The van der Waals surface area contributed by atoms with E-state index in [1.807, 2.05) is 16.5 Å². The average molecular weight is 461 g/mol. The first kappa shape index (κ1) is 22.0. The summed E-state index contributed by atoms with van der Waals surface area (Å²) in [6.07, 6.45) is 2.73. The van der Waals surface area contributed by atoms with Gasteiger partial charge in [0.05, 0.1) is 22.0 Å². The number of carbonyl (C=O) groups is 1. The molecule has 1 aromatic carbocycles. The van der Waals surface area contributed by atoms with E-state index in [0.717, 1.165) is 30.7 Å². The zero-order valence-electron chi connectivity index (χ0n) is 18.3. The van der Waals surface area contributed by atoms with Crippen LogP contribution in [-0.4, -0.2) is 53.7 Å². The molecule has 0 fully saturated rings. The number of nitrogens with zero attached hydrogens (tertiary/aromatic N) is 4. The summed E-state index contributed by atoms with van der Waals surface area (Å²) in [6, 6.07) is 7.29. The highest BCUT2D eigenvalue weighted by molar-refractivity contribution is 7.89. The van der Waals surface area contributed by atoms with Crippen molar-refractivity contribution in [2.45, 2.75) is 43.5 Å². The van der Waals surface area contributed by atoms with Gasteiger partial charge in [-0.15, -0.1) is 11.3 Å². The van der Waals surface area contributed by atoms with Crippen LogP contribution in [0.1, 0.15) is 42.1 Å². The van der Waals surface area contributed by atoms with Gasteiger partial charge in [0.25, 0.3) is 0 Å². The second-order valence-corrected chi connectivity index (χ2v) is 11.2. The smallest absolute Gasteiger partial charge is 0.242 e. The molecule has 1 aliphatic heterocycles. The molecular formula is C22H28N4O3S2. The fourth-order valence-electron chi connectivity index (χ4n) is 4.32. The molecule has 3 heterocycles. The van der Waals surface area contributed by atoms with Gasteiger partial charge < -0.3 is 9.47 Å². The van der Waals surface area contributed by atoms with Crippen molar-refractivity contribution in [3.8, 4) is 0 Å². The number of thiophene rings is 1. The van der Waals surface area contributed by atoms with Crippen LogP contribution in [0, 0.1) is 0 Å². The third-order valence-electron chi connectivity index (χ3n) is 6.09. The molecule has 166 valence electrons. The summed E-state index contributed by atoms with van der Waals surface area (Å²) < 4.78 is 28.0. The molecule has 3 aromatic rings. The molecule has 0 aliphatic carbocycles. The Kier molecular flexibility index (Phi) is 5.93. The number of benzene rings is 1. The predicted octanol–water partition coefficient (Wildman–Crippen LogP) is 3.35. The highest BCUT2D eigenvalue weighted by Crippen LogP contribution is 2.35. The molecule has 31 heavy (non-hydrogen) atoms. The highest BCUT2D eigenvalue weighted by Gasteiger charge is 2.30. The van der Waals surface area contributed by atoms with E-state index in [4.69, 9.17) is 0 Å². The lowest BCUT2D eigenvalue weighted by molar-refractivity contribution is -0.134. The molecule has 0 spiro atoms. The van der Waals surface area contributed by atoms with Crippen LogP contribution in [0.3, 0.4) is 0 Å². The van der Waals surface area contributed by atoms with Crippen molar-refractivity contribution < 1.29 is 13.2 Å². The van der Waals surface area contributed by atoms with E-state index in [0.29, 0.717) is 18.4 Å². The molecule has 1 aliphatic rings. The van der Waals surface area contributed by atoms with E-state index in [2.05, 4.69) is 23.4 Å². The normalized spacial score (nSPS) is 16.8. The standard InChI is InChI=1S/C22H28N4O3S2/c1-5-18-16-11-13-30-20(16)10-12-26(18)22(27)9-8-21-23-17-14-15(31(28,29)24(2)3)6-7-19(17)25(21)4/h6-7,11,13-14,18H,5,8-10,12H2,1-4H3. The molecule has 0 N–H and O–H groups in total. The molecule has 1 amide bonds. The van der Waals surface area contributed by atoms with Gasteiger partial charge in [0, 0.05) is 45.4 Å². The Morgan fingerprint density at radius 3 is 2.77 bits per heavy atom. The quantitative estimate of drug-likeness (QED) is 0.565. The summed E-state index contributed by atoms with van der Waals surface area (Å²) in [6.45, 7) is 2.89. The molecule has 1 atom stereocenters. The van der Waals surface area contributed by atoms with Gasteiger partial charge in [-0.05, 0) is 48.1 Å². The van der Waals surface area contributed by atoms with Crippen LogP contribution in [0.25, 0.3) is 11.0 Å². The zero-order valence-corrected chi connectivity index (χ0v) is 20.0. The lowest BCUT2D eigenvalue weighted by Gasteiger charge is -2.35. The van der Waals surface area contributed by atoms with Crippen molar-refractivity contribution >= 4 is 38.3 Å². The third kappa shape index (κ3) is 3.90. The monoisotopic (exact) mass is 460 g/mol. The number of aryl methyl sites for hydroxylation is 2. The molecule has 9 heteroatoms. The number of hydrogen-bond donors (Lipinski definition) is 0. The van der Waals surface area contributed by atoms with Crippen LogP contribution >= 0.6 is 11.3 Å². The van der Waals surface area contributed by atoms with Crippen LogP contribution in [0.2, 0.25) is 0 Å². The molecule has 4 rings (SSSR count). The summed E-state index contributed by atoms with van der Waals surface area (Å²) in [5, 5.41) is 2.12. The van der Waals surface area contributed by atoms with Crippen molar-refractivity contribution in [3.63, 3.8) is 0 Å². The van der Waals surface area contributed by atoms with Crippen molar-refractivity contribution in [2.75, 3.05) is 20.6 Å². The maximum atomic E-state index is 13.1. The molecule has 0 saturated heterocycles. The van der Waals surface area contributed by atoms with Gasteiger partial charge in [0.1, 0.15) is 5.82 Å². The molecular weight excluding hydrogens is 432 g/mol. The Labute approximate surface area is 187 Å². The Balaban J connectivity index is 1.53. The summed E-state index contributed by atoms with van der Waals surface area (Å²) in [5.41, 5.74) is 2.78. The number of aromatic nitrogens is 2. The Bertz CT molecular complexity index is 1230. The number of rotatable bonds is 6. The second-order valence-electron chi connectivity index (χ2n) is 8.09. The number of fused-ring (bicyclic) bond motifs is 2. The first-order valence-corrected chi connectivity index (χ1v) is 12.8. The van der Waals surface area contributed by atoms with Gasteiger partial charge in [0.15, 0.2) is 0 Å². The lowest BCUT2D eigenvalue weighted by Crippen LogP contribution is -2.39. The van der Waals surface area contributed by atoms with Crippen molar-refractivity contribution in [1.82, 2.24) is 18.8 Å². The summed E-state index contributed by atoms with van der Waals surface area (Å²) in [4.78, 5) is 21.3. The minimum Gasteiger partial charge on any atom is -0.335 e. The molecule has 2 aromatic heterocycles. The first-order valence-electron chi connectivity index (χ1n) is 10.5. The van der Waals surface area contributed by atoms with Crippen LogP contribution in [-0.2, 0) is 34.7 Å². The predicted molar refractivity (Wildman–Crippen MR) is 123 cm³/mol. The number of amides is 1. The van der Waals surface area contributed by atoms with Gasteiger partial charge in [-0.3, -0.25) is 4.79 Å². The van der Waals surface area contributed by atoms with E-state index in [-0.39, 0.29) is 16.8 Å². The second kappa shape index (κ2) is 8.37. The molecule has 1 unspecified atom stereocenters.